The number of hydrogen-bond acceptors (Lipinski definition) is 8. The topological polar surface area (TPSA) is 130 Å². The lowest BCUT2D eigenvalue weighted by molar-refractivity contribution is 0.477. The minimum absolute atomic E-state index is 0.0394. The van der Waals surface area contributed by atoms with Gasteiger partial charge in [-0.15, -0.1) is 0 Å². The lowest BCUT2D eigenvalue weighted by atomic mass is 10.2. The van der Waals surface area contributed by atoms with Gasteiger partial charge in [-0.25, -0.2) is 17.2 Å². The van der Waals surface area contributed by atoms with Crippen molar-refractivity contribution in [1.29, 1.82) is 0 Å². The molecule has 2 aromatic carbocycles. The number of benzene rings is 2. The monoisotopic (exact) mass is 515 g/mol. The van der Waals surface area contributed by atoms with E-state index in [1.54, 1.807) is 38.1 Å². The van der Waals surface area contributed by atoms with Crippen LogP contribution in [-0.2, 0) is 20.1 Å². The van der Waals surface area contributed by atoms with Gasteiger partial charge in [0.1, 0.15) is 15.9 Å². The zero-order valence-electron chi connectivity index (χ0n) is 19.2. The Balaban J connectivity index is 2.01. The van der Waals surface area contributed by atoms with Crippen molar-refractivity contribution >= 4 is 31.1 Å². The van der Waals surface area contributed by atoms with Crippen molar-refractivity contribution in [2.75, 3.05) is 0 Å². The van der Waals surface area contributed by atoms with E-state index in [1.165, 1.54) is 44.2 Å². The molecule has 2 aromatic heterocycles. The Hall–Kier alpha value is -3.70. The van der Waals surface area contributed by atoms with Gasteiger partial charge in [-0.2, -0.15) is 8.42 Å². The van der Waals surface area contributed by atoms with Crippen LogP contribution in [0.25, 0.3) is 11.0 Å². The highest BCUT2D eigenvalue weighted by molar-refractivity contribution is 7.90. The fourth-order valence-corrected chi connectivity index (χ4v) is 5.94. The highest BCUT2D eigenvalue weighted by Crippen LogP contribution is 2.29. The summed E-state index contributed by atoms with van der Waals surface area (Å²) in [6.07, 6.45) is 0. The minimum atomic E-state index is -4.47. The Morgan fingerprint density at radius 3 is 1.83 bits per heavy atom. The zero-order chi connectivity index (χ0) is 25.7. The van der Waals surface area contributed by atoms with Gasteiger partial charge in [-0.3, -0.25) is 4.79 Å². The van der Waals surface area contributed by atoms with Gasteiger partial charge < -0.3 is 8.60 Å². The van der Waals surface area contributed by atoms with E-state index in [1.807, 2.05) is 0 Å². The van der Waals surface area contributed by atoms with Crippen molar-refractivity contribution in [3.8, 4) is 5.75 Å². The van der Waals surface area contributed by atoms with E-state index in [0.717, 1.165) is 11.1 Å². The van der Waals surface area contributed by atoms with E-state index in [4.69, 9.17) is 8.60 Å². The number of rotatable bonds is 5. The second-order valence-electron chi connectivity index (χ2n) is 8.11. The van der Waals surface area contributed by atoms with E-state index in [0.29, 0.717) is 3.97 Å². The van der Waals surface area contributed by atoms with E-state index in [9.17, 15) is 26.4 Å². The molecule has 4 rings (SSSR count). The van der Waals surface area contributed by atoms with Crippen LogP contribution in [0.15, 0.2) is 78.4 Å². The predicted molar refractivity (Wildman–Crippen MR) is 129 cm³/mol. The van der Waals surface area contributed by atoms with Gasteiger partial charge in [0.15, 0.2) is 5.75 Å². The van der Waals surface area contributed by atoms with Gasteiger partial charge in [0, 0.05) is 11.8 Å². The molecule has 0 unspecified atom stereocenters. The minimum Gasteiger partial charge on any atom is -0.422 e. The van der Waals surface area contributed by atoms with Crippen LogP contribution in [0.2, 0.25) is 0 Å². The Labute approximate surface area is 201 Å². The summed E-state index contributed by atoms with van der Waals surface area (Å²) < 4.78 is 63.6. The third kappa shape index (κ3) is 4.28. The first kappa shape index (κ1) is 24.4. The molecule has 0 bridgehead atoms. The first-order valence-corrected chi connectivity index (χ1v) is 13.2. The molecule has 0 spiro atoms. The molecule has 11 heteroatoms. The van der Waals surface area contributed by atoms with Crippen molar-refractivity contribution < 1.29 is 25.4 Å². The van der Waals surface area contributed by atoms with Crippen LogP contribution in [0.4, 0.5) is 0 Å². The molecule has 0 radical (unpaired) electrons. The predicted octanol–water partition coefficient (Wildman–Crippen LogP) is 3.19. The van der Waals surface area contributed by atoms with Crippen LogP contribution in [0.5, 0.6) is 5.75 Å². The molecule has 0 aliphatic rings. The average Bonchev–Trinajstić information content (AvgIpc) is 2.77. The molecular weight excluding hydrogens is 494 g/mol. The molecule has 2 heterocycles. The molecule has 0 saturated heterocycles. The molecular formula is C24H21NO8S2. The first-order valence-electron chi connectivity index (χ1n) is 10.4. The van der Waals surface area contributed by atoms with Crippen LogP contribution < -0.4 is 15.4 Å². The maximum absolute atomic E-state index is 13.5. The van der Waals surface area contributed by atoms with E-state index in [-0.39, 0.29) is 26.6 Å². The molecule has 182 valence electrons. The van der Waals surface area contributed by atoms with Crippen LogP contribution in [0, 0.1) is 27.7 Å². The number of fused-ring (bicyclic) bond motifs is 1. The van der Waals surface area contributed by atoms with Gasteiger partial charge in [0.25, 0.3) is 15.6 Å². The highest BCUT2D eigenvalue weighted by atomic mass is 32.2. The number of aryl methyl sites for hydroxylation is 3. The summed E-state index contributed by atoms with van der Waals surface area (Å²) in [4.78, 5) is 25.6. The van der Waals surface area contributed by atoms with Gasteiger partial charge in [-0.1, -0.05) is 35.4 Å². The highest BCUT2D eigenvalue weighted by Gasteiger charge is 2.28. The number of aromatic nitrogens is 1. The second kappa shape index (κ2) is 8.51. The maximum Gasteiger partial charge on any atom is 0.342 e. The number of hydrogen-bond donors (Lipinski definition) is 0. The van der Waals surface area contributed by atoms with Gasteiger partial charge in [0.05, 0.1) is 10.5 Å². The molecule has 0 saturated carbocycles. The van der Waals surface area contributed by atoms with Gasteiger partial charge in [0.2, 0.25) is 0 Å². The smallest absolute Gasteiger partial charge is 0.342 e. The van der Waals surface area contributed by atoms with E-state index in [2.05, 4.69) is 0 Å². The third-order valence-electron chi connectivity index (χ3n) is 5.44. The van der Waals surface area contributed by atoms with E-state index >= 15 is 0 Å². The zero-order valence-corrected chi connectivity index (χ0v) is 20.9. The van der Waals surface area contributed by atoms with Gasteiger partial charge >= 0.3 is 15.7 Å². The van der Waals surface area contributed by atoms with Crippen molar-refractivity contribution in [2.45, 2.75) is 37.5 Å². The Morgan fingerprint density at radius 2 is 1.29 bits per heavy atom. The summed E-state index contributed by atoms with van der Waals surface area (Å²) in [6, 6.07) is 12.8. The lowest BCUT2D eigenvalue weighted by Crippen LogP contribution is -2.30. The Bertz CT molecular complexity index is 1800. The normalized spacial score (nSPS) is 12.1. The van der Waals surface area contributed by atoms with Crippen molar-refractivity contribution in [3.05, 3.63) is 97.8 Å². The second-order valence-corrected chi connectivity index (χ2v) is 11.4. The van der Waals surface area contributed by atoms with Crippen LogP contribution >= 0.6 is 0 Å². The standard InChI is InChI=1S/C24H21NO8S2/c1-14-5-9-18(10-6-14)34(28,29)25-16(3)13-20-21(23(25)26)22(17(4)24(27)32-20)33-35(30,31)19-11-7-15(2)8-12-19/h5-13H,1-4H3. The fourth-order valence-electron chi connectivity index (χ4n) is 3.52. The Kier molecular flexibility index (Phi) is 5.94. The number of nitrogens with zero attached hydrogens (tertiary/aromatic N) is 1. The largest absolute Gasteiger partial charge is 0.422 e. The van der Waals surface area contributed by atoms with Crippen LogP contribution in [-0.4, -0.2) is 20.8 Å². The quantitative estimate of drug-likeness (QED) is 0.371. The molecule has 0 aliphatic heterocycles. The van der Waals surface area contributed by atoms with E-state index < -0.39 is 42.5 Å². The average molecular weight is 516 g/mol. The third-order valence-corrected chi connectivity index (χ3v) is 8.48. The molecule has 0 N–H and O–H groups in total. The van der Waals surface area contributed by atoms with Crippen LogP contribution in [0.3, 0.4) is 0 Å². The molecule has 0 aliphatic carbocycles. The van der Waals surface area contributed by atoms with Crippen molar-refractivity contribution in [3.63, 3.8) is 0 Å². The summed E-state index contributed by atoms with van der Waals surface area (Å²) in [5.74, 6) is -0.588. The summed E-state index contributed by atoms with van der Waals surface area (Å²) in [5.41, 5.74) is -1.04. The van der Waals surface area contributed by atoms with Crippen LogP contribution in [0.1, 0.15) is 22.4 Å². The number of pyridine rings is 1. The molecule has 4 aromatic rings. The summed E-state index contributed by atoms with van der Waals surface area (Å²) in [7, 11) is -8.84. The molecule has 0 amide bonds. The van der Waals surface area contributed by atoms with Crippen molar-refractivity contribution in [2.24, 2.45) is 0 Å². The summed E-state index contributed by atoms with van der Waals surface area (Å²) >= 11 is 0. The molecule has 0 atom stereocenters. The fraction of sp³-hybridized carbons (Fsp3) is 0.167. The maximum atomic E-state index is 13.5. The van der Waals surface area contributed by atoms with Crippen molar-refractivity contribution in [1.82, 2.24) is 3.97 Å². The molecule has 0 fully saturated rings. The molecule has 9 nitrogen and oxygen atoms in total. The van der Waals surface area contributed by atoms with Gasteiger partial charge in [-0.05, 0) is 52.0 Å². The Morgan fingerprint density at radius 1 is 0.771 bits per heavy atom. The summed E-state index contributed by atoms with van der Waals surface area (Å²) in [6.45, 7) is 6.14. The lowest BCUT2D eigenvalue weighted by Gasteiger charge is -2.15. The SMILES string of the molecule is Cc1ccc(S(=O)(=O)Oc2c(C)c(=O)oc3cc(C)n(S(=O)(=O)c4ccc(C)cc4)c(=O)c23)cc1. The molecule has 35 heavy (non-hydrogen) atoms. The summed E-state index contributed by atoms with van der Waals surface area (Å²) in [5, 5.41) is -0.487. The first-order chi connectivity index (χ1) is 16.3.